The first-order valence-corrected chi connectivity index (χ1v) is 8.16. The summed E-state index contributed by atoms with van der Waals surface area (Å²) in [6.07, 6.45) is 0. The summed E-state index contributed by atoms with van der Waals surface area (Å²) in [5.74, 6) is -0.475. The van der Waals surface area contributed by atoms with Crippen molar-refractivity contribution in [3.63, 3.8) is 0 Å². The fourth-order valence-electron chi connectivity index (χ4n) is 1.73. The van der Waals surface area contributed by atoms with E-state index in [9.17, 15) is 9.59 Å². The van der Waals surface area contributed by atoms with E-state index in [1.165, 1.54) is 18.9 Å². The SMILES string of the molecule is COC(=O)c1ccc(COC(=O)CSc2ccc(Cl)cc2)cc1. The molecule has 0 N–H and O–H groups in total. The van der Waals surface area contributed by atoms with Gasteiger partial charge in [-0.1, -0.05) is 23.7 Å². The molecule has 0 aromatic heterocycles. The zero-order valence-electron chi connectivity index (χ0n) is 12.5. The number of esters is 2. The second-order valence-corrected chi connectivity index (χ2v) is 6.08. The number of ether oxygens (including phenoxy) is 2. The third-order valence-corrected chi connectivity index (χ3v) is 4.18. The summed E-state index contributed by atoms with van der Waals surface area (Å²) in [6.45, 7) is 0.168. The second kappa shape index (κ2) is 8.60. The largest absolute Gasteiger partial charge is 0.465 e. The molecule has 0 spiro atoms. The Kier molecular flexibility index (Phi) is 6.50. The molecule has 0 heterocycles. The fraction of sp³-hybridized carbons (Fsp3) is 0.176. The molecule has 0 radical (unpaired) electrons. The van der Waals surface area contributed by atoms with Crippen molar-refractivity contribution in [2.75, 3.05) is 12.9 Å². The zero-order chi connectivity index (χ0) is 16.7. The van der Waals surface area contributed by atoms with Gasteiger partial charge in [0.1, 0.15) is 6.61 Å². The van der Waals surface area contributed by atoms with Crippen LogP contribution in [0, 0.1) is 0 Å². The second-order valence-electron chi connectivity index (χ2n) is 4.59. The Hall–Kier alpha value is -1.98. The minimum Gasteiger partial charge on any atom is -0.465 e. The van der Waals surface area contributed by atoms with E-state index in [0.29, 0.717) is 10.6 Å². The Balaban J connectivity index is 1.77. The van der Waals surface area contributed by atoms with Gasteiger partial charge in [0.15, 0.2) is 0 Å². The van der Waals surface area contributed by atoms with Crippen LogP contribution in [0.5, 0.6) is 0 Å². The maximum absolute atomic E-state index is 11.7. The maximum Gasteiger partial charge on any atom is 0.337 e. The van der Waals surface area contributed by atoms with Crippen LogP contribution < -0.4 is 0 Å². The van der Waals surface area contributed by atoms with Crippen molar-refractivity contribution in [1.82, 2.24) is 0 Å². The molecule has 0 saturated carbocycles. The van der Waals surface area contributed by atoms with Crippen molar-refractivity contribution in [1.29, 1.82) is 0 Å². The van der Waals surface area contributed by atoms with Gasteiger partial charge >= 0.3 is 11.9 Å². The molecule has 6 heteroatoms. The van der Waals surface area contributed by atoms with Crippen LogP contribution in [-0.4, -0.2) is 24.8 Å². The number of benzene rings is 2. The zero-order valence-corrected chi connectivity index (χ0v) is 14.0. The van der Waals surface area contributed by atoms with E-state index >= 15 is 0 Å². The summed E-state index contributed by atoms with van der Waals surface area (Å²) < 4.78 is 9.82. The number of hydrogen-bond donors (Lipinski definition) is 0. The molecule has 0 bridgehead atoms. The van der Waals surface area contributed by atoms with Gasteiger partial charge in [0, 0.05) is 9.92 Å². The topological polar surface area (TPSA) is 52.6 Å². The van der Waals surface area contributed by atoms with E-state index in [1.807, 2.05) is 12.1 Å². The van der Waals surface area contributed by atoms with E-state index in [1.54, 1.807) is 36.4 Å². The number of hydrogen-bond acceptors (Lipinski definition) is 5. The maximum atomic E-state index is 11.7. The van der Waals surface area contributed by atoms with Gasteiger partial charge in [-0.05, 0) is 42.0 Å². The van der Waals surface area contributed by atoms with Crippen molar-refractivity contribution in [3.05, 3.63) is 64.7 Å². The number of methoxy groups -OCH3 is 1. The summed E-state index contributed by atoms with van der Waals surface area (Å²) in [7, 11) is 1.33. The molecule has 4 nitrogen and oxygen atoms in total. The normalized spacial score (nSPS) is 10.2. The lowest BCUT2D eigenvalue weighted by Gasteiger charge is -2.06. The van der Waals surface area contributed by atoms with Crippen LogP contribution in [0.2, 0.25) is 5.02 Å². The Morgan fingerprint density at radius 2 is 1.70 bits per heavy atom. The monoisotopic (exact) mass is 350 g/mol. The highest BCUT2D eigenvalue weighted by Crippen LogP contribution is 2.20. The molecule has 0 aliphatic heterocycles. The number of halogens is 1. The number of rotatable bonds is 6. The van der Waals surface area contributed by atoms with Gasteiger partial charge in [0.25, 0.3) is 0 Å². The Labute approximate surface area is 143 Å². The van der Waals surface area contributed by atoms with Crippen LogP contribution >= 0.6 is 23.4 Å². The number of thioether (sulfide) groups is 1. The van der Waals surface area contributed by atoms with Gasteiger partial charge in [-0.2, -0.15) is 0 Å². The van der Waals surface area contributed by atoms with Gasteiger partial charge in [-0.25, -0.2) is 4.79 Å². The third-order valence-electron chi connectivity index (χ3n) is 2.95. The smallest absolute Gasteiger partial charge is 0.337 e. The van der Waals surface area contributed by atoms with Crippen LogP contribution in [-0.2, 0) is 20.9 Å². The van der Waals surface area contributed by atoms with Crippen molar-refractivity contribution < 1.29 is 19.1 Å². The van der Waals surface area contributed by atoms with E-state index < -0.39 is 5.97 Å². The first-order valence-electron chi connectivity index (χ1n) is 6.80. The number of carbonyl (C=O) groups is 2. The van der Waals surface area contributed by atoms with E-state index in [-0.39, 0.29) is 18.3 Å². The summed E-state index contributed by atoms with van der Waals surface area (Å²) >= 11 is 7.19. The Morgan fingerprint density at radius 1 is 1.04 bits per heavy atom. The minimum atomic E-state index is -0.395. The lowest BCUT2D eigenvalue weighted by Crippen LogP contribution is -2.07. The minimum absolute atomic E-state index is 0.168. The van der Waals surface area contributed by atoms with Crippen LogP contribution in [0.1, 0.15) is 15.9 Å². The molecule has 0 amide bonds. The Bertz CT molecular complexity index is 668. The lowest BCUT2D eigenvalue weighted by molar-refractivity contribution is -0.141. The van der Waals surface area contributed by atoms with Crippen LogP contribution in [0.25, 0.3) is 0 Å². The lowest BCUT2D eigenvalue weighted by atomic mass is 10.1. The molecule has 0 fully saturated rings. The molecule has 120 valence electrons. The Morgan fingerprint density at radius 3 is 2.30 bits per heavy atom. The highest BCUT2D eigenvalue weighted by atomic mass is 35.5. The molecule has 2 rings (SSSR count). The molecule has 0 aliphatic rings. The van der Waals surface area contributed by atoms with Crippen molar-refractivity contribution in [2.24, 2.45) is 0 Å². The number of carbonyl (C=O) groups excluding carboxylic acids is 2. The molecule has 0 unspecified atom stereocenters. The van der Waals surface area contributed by atoms with Gasteiger partial charge < -0.3 is 9.47 Å². The van der Waals surface area contributed by atoms with Crippen molar-refractivity contribution in [3.8, 4) is 0 Å². The molecule has 2 aromatic rings. The average Bonchev–Trinajstić information content (AvgIpc) is 2.59. The van der Waals surface area contributed by atoms with Crippen LogP contribution in [0.15, 0.2) is 53.4 Å². The van der Waals surface area contributed by atoms with Gasteiger partial charge in [0.2, 0.25) is 0 Å². The van der Waals surface area contributed by atoms with Crippen LogP contribution in [0.3, 0.4) is 0 Å². The van der Waals surface area contributed by atoms with Crippen LogP contribution in [0.4, 0.5) is 0 Å². The van der Waals surface area contributed by atoms with Crippen molar-refractivity contribution in [2.45, 2.75) is 11.5 Å². The summed E-state index contributed by atoms with van der Waals surface area (Å²) in [5.41, 5.74) is 1.27. The van der Waals surface area contributed by atoms with Gasteiger partial charge in [-0.3, -0.25) is 4.79 Å². The predicted octanol–water partition coefficient (Wildman–Crippen LogP) is 3.96. The standard InChI is InChI=1S/C17H15ClO4S/c1-21-17(20)13-4-2-12(3-5-13)10-22-16(19)11-23-15-8-6-14(18)7-9-15/h2-9H,10-11H2,1H3. The average molecular weight is 351 g/mol. The van der Waals surface area contributed by atoms with Crippen molar-refractivity contribution >= 4 is 35.3 Å². The third kappa shape index (κ3) is 5.62. The summed E-state index contributed by atoms with van der Waals surface area (Å²) in [6, 6.07) is 14.0. The molecular formula is C17H15ClO4S. The quantitative estimate of drug-likeness (QED) is 0.583. The highest BCUT2D eigenvalue weighted by molar-refractivity contribution is 8.00. The first kappa shape index (κ1) is 17.4. The van der Waals surface area contributed by atoms with Gasteiger partial charge in [0.05, 0.1) is 18.4 Å². The highest BCUT2D eigenvalue weighted by Gasteiger charge is 2.07. The van der Waals surface area contributed by atoms with E-state index in [2.05, 4.69) is 4.74 Å². The molecule has 0 saturated heterocycles. The predicted molar refractivity (Wildman–Crippen MR) is 89.8 cm³/mol. The molecule has 23 heavy (non-hydrogen) atoms. The van der Waals surface area contributed by atoms with Gasteiger partial charge in [-0.15, -0.1) is 11.8 Å². The molecular weight excluding hydrogens is 336 g/mol. The fourth-order valence-corrected chi connectivity index (χ4v) is 2.56. The summed E-state index contributed by atoms with van der Waals surface area (Å²) in [5, 5.41) is 0.660. The summed E-state index contributed by atoms with van der Waals surface area (Å²) in [4.78, 5) is 24.0. The van der Waals surface area contributed by atoms with E-state index in [0.717, 1.165) is 10.5 Å². The molecule has 0 atom stereocenters. The first-order chi connectivity index (χ1) is 11.1. The van der Waals surface area contributed by atoms with E-state index in [4.69, 9.17) is 16.3 Å². The molecule has 0 aliphatic carbocycles. The molecule has 2 aromatic carbocycles.